The lowest BCUT2D eigenvalue weighted by atomic mass is 9.95. The first-order chi connectivity index (χ1) is 35.4. The van der Waals surface area contributed by atoms with E-state index in [4.69, 9.17) is 15.9 Å². The Labute approximate surface area is 423 Å². The highest BCUT2D eigenvalue weighted by Crippen LogP contribution is 2.32. The van der Waals surface area contributed by atoms with E-state index in [1.54, 1.807) is 52.5 Å². The summed E-state index contributed by atoms with van der Waals surface area (Å²) < 4.78 is 21.1. The number of pyridine rings is 1. The fourth-order valence-corrected chi connectivity index (χ4v) is 9.63. The number of amides is 5. The third-order valence-electron chi connectivity index (χ3n) is 13.9. The SMILES string of the molecule is N=C(Cc1ccc(F)c(C(=O)N2CCN(C(=O)CN3CCN(CC4CCN(C(=O)c5ncc(-c6cccc(OC7CC7)c6)cc5NC(=O)CNCc5ccncn5)CC4)CC3)CC2)c1)c1ccccc1C(N)=O. The number of nitrogens with two attached hydrogens (primary N) is 1. The number of primary amides is 1. The summed E-state index contributed by atoms with van der Waals surface area (Å²) in [5, 5.41) is 14.7. The van der Waals surface area contributed by atoms with Crippen LogP contribution in [-0.4, -0.2) is 166 Å². The number of likely N-dealkylation sites (tertiary alicyclic amines) is 1. The smallest absolute Gasteiger partial charge is 0.274 e. The monoisotopic (exact) mass is 992 g/mol. The maximum Gasteiger partial charge on any atom is 0.274 e. The van der Waals surface area contributed by atoms with Crippen LogP contribution in [-0.2, 0) is 22.6 Å². The van der Waals surface area contributed by atoms with E-state index < -0.39 is 17.6 Å². The number of hydrogen-bond donors (Lipinski definition) is 4. The van der Waals surface area contributed by atoms with Crippen molar-refractivity contribution < 1.29 is 33.1 Å². The van der Waals surface area contributed by atoms with Crippen molar-refractivity contribution in [2.45, 2.75) is 44.8 Å². The molecule has 5 aromatic rings. The Balaban J connectivity index is 0.721. The number of carbonyl (C=O) groups excluding carboxylic acids is 5. The number of rotatable bonds is 18. The van der Waals surface area contributed by atoms with E-state index >= 15 is 4.39 Å². The molecule has 1 aliphatic carbocycles. The van der Waals surface area contributed by atoms with E-state index in [0.717, 1.165) is 81.0 Å². The highest BCUT2D eigenvalue weighted by Gasteiger charge is 2.32. The van der Waals surface area contributed by atoms with Crippen LogP contribution in [0.25, 0.3) is 11.1 Å². The van der Waals surface area contributed by atoms with Gasteiger partial charge in [-0.15, -0.1) is 0 Å². The lowest BCUT2D eigenvalue weighted by Gasteiger charge is -2.40. The number of nitrogens with zero attached hydrogens (tertiary/aromatic N) is 8. The van der Waals surface area contributed by atoms with Gasteiger partial charge in [0.25, 0.3) is 11.8 Å². The van der Waals surface area contributed by atoms with Crippen molar-refractivity contribution in [3.05, 3.63) is 137 Å². The molecule has 0 atom stereocenters. The summed E-state index contributed by atoms with van der Waals surface area (Å²) >= 11 is 0. The van der Waals surface area contributed by atoms with Gasteiger partial charge in [-0.2, -0.15) is 0 Å². The molecule has 5 amide bonds. The molecule has 4 aliphatic rings. The maximum atomic E-state index is 15.1. The minimum absolute atomic E-state index is 0.00125. The van der Waals surface area contributed by atoms with E-state index in [-0.39, 0.29) is 79.0 Å². The summed E-state index contributed by atoms with van der Waals surface area (Å²) in [5.74, 6) is -1.17. The molecule has 3 saturated heterocycles. The van der Waals surface area contributed by atoms with Gasteiger partial charge in [-0.25, -0.2) is 19.3 Å². The molecular weight excluding hydrogens is 932 g/mol. The predicted molar refractivity (Wildman–Crippen MR) is 272 cm³/mol. The van der Waals surface area contributed by atoms with Crippen LogP contribution in [0, 0.1) is 17.1 Å². The number of nitrogens with one attached hydrogen (secondary N) is 3. The van der Waals surface area contributed by atoms with Gasteiger partial charge in [-0.3, -0.25) is 28.9 Å². The van der Waals surface area contributed by atoms with Crippen molar-refractivity contribution in [3.63, 3.8) is 0 Å². The van der Waals surface area contributed by atoms with Crippen LogP contribution in [0.5, 0.6) is 5.75 Å². The van der Waals surface area contributed by atoms with Gasteiger partial charge < -0.3 is 46.1 Å². The second kappa shape index (κ2) is 23.4. The van der Waals surface area contributed by atoms with Gasteiger partial charge >= 0.3 is 0 Å². The number of anilines is 1. The van der Waals surface area contributed by atoms with Crippen molar-refractivity contribution in [1.82, 2.24) is 44.8 Å². The number of piperazine rings is 2. The number of hydrogen-bond acceptors (Lipinski definition) is 13. The molecular formula is C54H61FN12O6. The Morgan fingerprint density at radius 3 is 2.18 bits per heavy atom. The minimum atomic E-state index is -0.665. The molecule has 18 nitrogen and oxygen atoms in total. The molecule has 0 radical (unpaired) electrons. The highest BCUT2D eigenvalue weighted by molar-refractivity contribution is 6.09. The summed E-state index contributed by atoms with van der Waals surface area (Å²) in [6, 6.07) is 22.1. The van der Waals surface area contributed by atoms with Crippen LogP contribution >= 0.6 is 0 Å². The molecule has 9 rings (SSSR count). The average molecular weight is 993 g/mol. The van der Waals surface area contributed by atoms with Crippen molar-refractivity contribution in [1.29, 1.82) is 5.41 Å². The third-order valence-corrected chi connectivity index (χ3v) is 13.9. The Kier molecular flexibility index (Phi) is 16.2. The number of ether oxygens (including phenoxy) is 1. The standard InChI is InChI=1S/C54H61FN12O6/c55-46-11-8-37(27-47(56)43-6-1-2-7-44(43)52(57)70)26-45(46)53(71)67-24-22-65(23-25-67)50(69)34-64-20-18-63(19-21-64)33-36-13-16-66(17-14-36)54(72)51-48(62-49(68)32-59-31-40-12-15-58-35-61-40)29-39(30-60-51)38-4-3-5-42(28-38)73-41-9-10-41/h1-8,11-12,15,26,28-30,35-36,41,56,59H,9-10,13-14,16-25,27,31-34H2,(H2,57,70)(H,62,68). The summed E-state index contributed by atoms with van der Waals surface area (Å²) in [7, 11) is 0. The topological polar surface area (TPSA) is 223 Å². The molecule has 19 heteroatoms. The lowest BCUT2D eigenvalue weighted by molar-refractivity contribution is -0.134. The molecule has 5 N–H and O–H groups in total. The minimum Gasteiger partial charge on any atom is -0.490 e. The van der Waals surface area contributed by atoms with Gasteiger partial charge in [0.1, 0.15) is 17.9 Å². The number of piperidine rings is 1. The lowest BCUT2D eigenvalue weighted by Crippen LogP contribution is -2.55. The van der Waals surface area contributed by atoms with E-state index in [1.165, 1.54) is 24.5 Å². The number of carbonyl (C=O) groups is 5. The molecule has 3 aromatic carbocycles. The Morgan fingerprint density at radius 1 is 0.726 bits per heavy atom. The zero-order chi connectivity index (χ0) is 50.8. The van der Waals surface area contributed by atoms with Gasteiger partial charge in [-0.05, 0) is 85.2 Å². The van der Waals surface area contributed by atoms with Crippen molar-refractivity contribution in [3.8, 4) is 16.9 Å². The van der Waals surface area contributed by atoms with Crippen LogP contribution in [0.4, 0.5) is 10.1 Å². The first-order valence-electron chi connectivity index (χ1n) is 25.0. The maximum absolute atomic E-state index is 15.1. The molecule has 0 unspecified atom stereocenters. The van der Waals surface area contributed by atoms with Crippen molar-refractivity contribution in [2.24, 2.45) is 11.7 Å². The van der Waals surface area contributed by atoms with E-state index in [1.807, 2.05) is 35.2 Å². The normalized spacial score (nSPS) is 16.8. The number of benzene rings is 3. The summed E-state index contributed by atoms with van der Waals surface area (Å²) in [5.41, 5.74) is 9.58. The van der Waals surface area contributed by atoms with E-state index in [0.29, 0.717) is 55.5 Å². The van der Waals surface area contributed by atoms with Crippen LogP contribution in [0.2, 0.25) is 0 Å². The van der Waals surface area contributed by atoms with E-state index in [2.05, 4.69) is 35.4 Å². The van der Waals surface area contributed by atoms with Gasteiger partial charge in [-0.1, -0.05) is 36.4 Å². The largest absolute Gasteiger partial charge is 0.490 e. The van der Waals surface area contributed by atoms with E-state index in [9.17, 15) is 24.0 Å². The molecule has 0 spiro atoms. The number of aromatic nitrogens is 3. The molecule has 5 heterocycles. The summed E-state index contributed by atoms with van der Waals surface area (Å²) in [6.45, 7) is 7.03. The molecule has 3 aliphatic heterocycles. The second-order valence-electron chi connectivity index (χ2n) is 19.2. The first kappa shape index (κ1) is 50.5. The Hall–Kier alpha value is -7.48. The van der Waals surface area contributed by atoms with Crippen molar-refractivity contribution >= 4 is 40.9 Å². The predicted octanol–water partition coefficient (Wildman–Crippen LogP) is 4.11. The molecule has 73 heavy (non-hydrogen) atoms. The van der Waals surface area contributed by atoms with Crippen LogP contribution in [0.15, 0.2) is 97.6 Å². The Morgan fingerprint density at radius 2 is 1.45 bits per heavy atom. The zero-order valence-electron chi connectivity index (χ0n) is 40.8. The fraction of sp³-hybridized carbons (Fsp3) is 0.389. The fourth-order valence-electron chi connectivity index (χ4n) is 9.63. The van der Waals surface area contributed by atoms with Gasteiger partial charge in [0.15, 0.2) is 5.69 Å². The van der Waals surface area contributed by atoms with Crippen LogP contribution in [0.1, 0.15) is 73.7 Å². The van der Waals surface area contributed by atoms with Gasteiger partial charge in [0, 0.05) is 120 Å². The third kappa shape index (κ3) is 13.1. The molecule has 4 fully saturated rings. The molecule has 380 valence electrons. The van der Waals surface area contributed by atoms with Gasteiger partial charge in [0.05, 0.1) is 36.1 Å². The summed E-state index contributed by atoms with van der Waals surface area (Å²) in [4.78, 5) is 88.9. The van der Waals surface area contributed by atoms with Crippen LogP contribution < -0.4 is 21.1 Å². The Bertz CT molecular complexity index is 2820. The number of halogens is 1. The quantitative estimate of drug-likeness (QED) is 0.0912. The average Bonchev–Trinajstić information content (AvgIpc) is 4.24. The molecule has 2 aromatic heterocycles. The van der Waals surface area contributed by atoms with Crippen LogP contribution in [0.3, 0.4) is 0 Å². The van der Waals surface area contributed by atoms with Crippen molar-refractivity contribution in [2.75, 3.05) is 90.4 Å². The second-order valence-corrected chi connectivity index (χ2v) is 19.2. The summed E-state index contributed by atoms with van der Waals surface area (Å²) in [6.07, 6.45) is 8.83. The molecule has 0 bridgehead atoms. The molecule has 1 saturated carbocycles. The highest BCUT2D eigenvalue weighted by atomic mass is 19.1. The van der Waals surface area contributed by atoms with Gasteiger partial charge in [0.2, 0.25) is 17.7 Å². The zero-order valence-corrected chi connectivity index (χ0v) is 40.8. The first-order valence-corrected chi connectivity index (χ1v) is 25.0.